The molecule has 7 heteroatoms. The van der Waals surface area contributed by atoms with E-state index in [0.717, 1.165) is 21.7 Å². The number of carbonyl (C=O) groups is 3. The summed E-state index contributed by atoms with van der Waals surface area (Å²) in [6.07, 6.45) is 0.484. The summed E-state index contributed by atoms with van der Waals surface area (Å²) >= 11 is 1.45. The van der Waals surface area contributed by atoms with Gasteiger partial charge < -0.3 is 15.0 Å². The fourth-order valence-corrected chi connectivity index (χ4v) is 4.09. The molecular formula is C21H24N2O4S. The highest BCUT2D eigenvalue weighted by Crippen LogP contribution is 2.29. The first-order valence-electron chi connectivity index (χ1n) is 9.20. The van der Waals surface area contributed by atoms with Crippen LogP contribution in [0.3, 0.4) is 0 Å². The summed E-state index contributed by atoms with van der Waals surface area (Å²) in [5.74, 6) is -1.71. The fraction of sp³-hybridized carbons (Fsp3) is 0.381. The molecule has 2 aromatic rings. The lowest BCUT2D eigenvalue weighted by atomic mass is 10.1. The van der Waals surface area contributed by atoms with Crippen LogP contribution in [0, 0.1) is 19.8 Å². The molecule has 6 nitrogen and oxygen atoms in total. The zero-order valence-electron chi connectivity index (χ0n) is 16.2. The molecule has 2 amide bonds. The number of methoxy groups -OCH3 is 1. The van der Waals surface area contributed by atoms with Crippen molar-refractivity contribution in [2.45, 2.75) is 32.7 Å². The Bertz CT molecular complexity index is 879. The molecule has 1 aliphatic heterocycles. The molecule has 2 heterocycles. The summed E-state index contributed by atoms with van der Waals surface area (Å²) in [6.45, 7) is 4.52. The molecule has 0 spiro atoms. The Morgan fingerprint density at radius 3 is 2.71 bits per heavy atom. The molecule has 28 heavy (non-hydrogen) atoms. The Hall–Kier alpha value is -2.67. The van der Waals surface area contributed by atoms with Crippen LogP contribution in [0.2, 0.25) is 0 Å². The van der Waals surface area contributed by atoms with Crippen molar-refractivity contribution in [1.29, 1.82) is 0 Å². The number of hydrogen-bond acceptors (Lipinski definition) is 5. The molecule has 0 saturated carbocycles. The molecular weight excluding hydrogens is 376 g/mol. The van der Waals surface area contributed by atoms with Crippen LogP contribution in [0.5, 0.6) is 0 Å². The Morgan fingerprint density at radius 2 is 2.07 bits per heavy atom. The molecule has 148 valence electrons. The molecule has 0 aliphatic carbocycles. The lowest BCUT2D eigenvalue weighted by Crippen LogP contribution is -2.39. The van der Waals surface area contributed by atoms with E-state index in [9.17, 15) is 14.4 Å². The quantitative estimate of drug-likeness (QED) is 0.597. The van der Waals surface area contributed by atoms with Gasteiger partial charge in [0.2, 0.25) is 11.8 Å². The smallest absolute Gasteiger partial charge is 0.307 e. The number of anilines is 1. The number of thiophene rings is 1. The third kappa shape index (κ3) is 4.25. The first-order valence-corrected chi connectivity index (χ1v) is 10.1. The topological polar surface area (TPSA) is 75.7 Å². The van der Waals surface area contributed by atoms with Gasteiger partial charge in [0.25, 0.3) is 0 Å². The van der Waals surface area contributed by atoms with Crippen LogP contribution in [-0.2, 0) is 19.1 Å². The van der Waals surface area contributed by atoms with Crippen LogP contribution >= 0.6 is 11.3 Å². The summed E-state index contributed by atoms with van der Waals surface area (Å²) in [6, 6.07) is 9.08. The number of amides is 2. The number of aryl methyl sites for hydroxylation is 2. The molecule has 1 aliphatic rings. The maximum atomic E-state index is 12.9. The molecule has 1 aromatic carbocycles. The molecule has 3 rings (SSSR count). The van der Waals surface area contributed by atoms with E-state index in [-0.39, 0.29) is 18.2 Å². The van der Waals surface area contributed by atoms with Gasteiger partial charge in [-0.2, -0.15) is 0 Å². The largest absolute Gasteiger partial charge is 0.469 e. The van der Waals surface area contributed by atoms with E-state index in [2.05, 4.69) is 5.32 Å². The van der Waals surface area contributed by atoms with Gasteiger partial charge in [0.15, 0.2) is 0 Å². The highest BCUT2D eigenvalue weighted by Gasteiger charge is 2.38. The number of nitrogens with one attached hydrogen (secondary N) is 1. The highest BCUT2D eigenvalue weighted by molar-refractivity contribution is 7.10. The van der Waals surface area contributed by atoms with Crippen molar-refractivity contribution >= 4 is 34.8 Å². The molecule has 0 bridgehead atoms. The average molecular weight is 401 g/mol. The monoisotopic (exact) mass is 400 g/mol. The predicted octanol–water partition coefficient (Wildman–Crippen LogP) is 3.14. The van der Waals surface area contributed by atoms with Gasteiger partial charge in [0, 0.05) is 17.1 Å². The minimum absolute atomic E-state index is 0.0323. The normalized spacial score (nSPS) is 17.5. The van der Waals surface area contributed by atoms with E-state index in [1.165, 1.54) is 18.4 Å². The van der Waals surface area contributed by atoms with Crippen molar-refractivity contribution in [3.8, 4) is 0 Å². The van der Waals surface area contributed by atoms with Crippen molar-refractivity contribution in [2.24, 2.45) is 5.92 Å². The molecule has 2 atom stereocenters. The lowest BCUT2D eigenvalue weighted by molar-refractivity contribution is -0.141. The number of benzene rings is 1. The Morgan fingerprint density at radius 1 is 1.29 bits per heavy atom. The number of nitrogens with zero attached hydrogens (tertiary/aromatic N) is 1. The Kier molecular flexibility index (Phi) is 6.14. The molecule has 2 unspecified atom stereocenters. The number of esters is 1. The highest BCUT2D eigenvalue weighted by atomic mass is 32.1. The summed E-state index contributed by atoms with van der Waals surface area (Å²) in [5.41, 5.74) is 3.08. The van der Waals surface area contributed by atoms with Gasteiger partial charge in [-0.25, -0.2) is 0 Å². The summed E-state index contributed by atoms with van der Waals surface area (Å²) < 4.78 is 4.74. The second kappa shape index (κ2) is 8.56. The van der Waals surface area contributed by atoms with Crippen molar-refractivity contribution in [3.63, 3.8) is 0 Å². The molecule has 1 N–H and O–H groups in total. The van der Waals surface area contributed by atoms with Crippen molar-refractivity contribution in [3.05, 3.63) is 51.7 Å². The van der Waals surface area contributed by atoms with Crippen LogP contribution < -0.4 is 10.2 Å². The standard InChI is InChI=1S/C21H24N2O4S/c1-13-6-7-15(11-14(13)2)23-9-8-16(21(23)26)20(25)22-17(12-19(24)27-3)18-5-4-10-28-18/h4-7,10-11,16-17H,8-9,12H2,1-3H3,(H,22,25). The van der Waals surface area contributed by atoms with Gasteiger partial charge >= 0.3 is 5.97 Å². The van der Waals surface area contributed by atoms with Crippen LogP contribution in [0.1, 0.15) is 34.9 Å². The Labute approximate surface area is 168 Å². The zero-order chi connectivity index (χ0) is 20.3. The van der Waals surface area contributed by atoms with E-state index < -0.39 is 17.9 Å². The molecule has 1 aromatic heterocycles. The van der Waals surface area contributed by atoms with Gasteiger partial charge in [-0.05, 0) is 55.0 Å². The van der Waals surface area contributed by atoms with E-state index in [1.54, 1.807) is 4.90 Å². The summed E-state index contributed by atoms with van der Waals surface area (Å²) in [5, 5.41) is 4.76. The predicted molar refractivity (Wildman–Crippen MR) is 108 cm³/mol. The van der Waals surface area contributed by atoms with Crippen molar-refractivity contribution in [2.75, 3.05) is 18.6 Å². The third-order valence-corrected chi connectivity index (χ3v) is 6.11. The number of hydrogen-bond donors (Lipinski definition) is 1. The maximum Gasteiger partial charge on any atom is 0.307 e. The van der Waals surface area contributed by atoms with Gasteiger partial charge in [-0.3, -0.25) is 14.4 Å². The van der Waals surface area contributed by atoms with Gasteiger partial charge in [0.05, 0.1) is 19.6 Å². The van der Waals surface area contributed by atoms with E-state index in [4.69, 9.17) is 4.74 Å². The van der Waals surface area contributed by atoms with Crippen LogP contribution in [0.4, 0.5) is 5.69 Å². The zero-order valence-corrected chi connectivity index (χ0v) is 17.0. The minimum atomic E-state index is -0.748. The molecule has 0 radical (unpaired) electrons. The van der Waals surface area contributed by atoms with Gasteiger partial charge in [0.1, 0.15) is 5.92 Å². The number of carbonyl (C=O) groups excluding carboxylic acids is 3. The van der Waals surface area contributed by atoms with Crippen LogP contribution in [0.25, 0.3) is 0 Å². The first kappa shape index (κ1) is 20.1. The number of rotatable bonds is 6. The molecule has 1 fully saturated rings. The third-order valence-electron chi connectivity index (χ3n) is 5.13. The first-order chi connectivity index (χ1) is 13.4. The average Bonchev–Trinajstić information content (AvgIpc) is 3.33. The second-order valence-corrected chi connectivity index (χ2v) is 7.94. The maximum absolute atomic E-state index is 12.9. The van der Waals surface area contributed by atoms with Crippen LogP contribution in [-0.4, -0.2) is 31.4 Å². The lowest BCUT2D eigenvalue weighted by Gasteiger charge is -2.20. The molecule has 1 saturated heterocycles. The van der Waals surface area contributed by atoms with Gasteiger partial charge in [-0.1, -0.05) is 12.1 Å². The van der Waals surface area contributed by atoms with Crippen molar-refractivity contribution in [1.82, 2.24) is 5.32 Å². The minimum Gasteiger partial charge on any atom is -0.469 e. The fourth-order valence-electron chi connectivity index (χ4n) is 3.31. The summed E-state index contributed by atoms with van der Waals surface area (Å²) in [7, 11) is 1.32. The van der Waals surface area contributed by atoms with Gasteiger partial charge in [-0.15, -0.1) is 11.3 Å². The Balaban J connectivity index is 1.72. The van der Waals surface area contributed by atoms with E-state index in [1.807, 2.05) is 49.6 Å². The van der Waals surface area contributed by atoms with E-state index in [0.29, 0.717) is 13.0 Å². The van der Waals surface area contributed by atoms with Crippen LogP contribution in [0.15, 0.2) is 35.7 Å². The second-order valence-electron chi connectivity index (χ2n) is 6.96. The van der Waals surface area contributed by atoms with Crippen molar-refractivity contribution < 1.29 is 19.1 Å². The van der Waals surface area contributed by atoms with E-state index >= 15 is 0 Å². The summed E-state index contributed by atoms with van der Waals surface area (Å²) in [4.78, 5) is 39.9. The SMILES string of the molecule is COC(=O)CC(NC(=O)C1CCN(c2ccc(C)c(C)c2)C1=O)c1cccs1. The number of ether oxygens (including phenoxy) is 1.